The van der Waals surface area contributed by atoms with Crippen LogP contribution in [0.2, 0.25) is 0 Å². The van der Waals surface area contributed by atoms with Gasteiger partial charge in [-0.05, 0) is 86.9 Å². The summed E-state index contributed by atoms with van der Waals surface area (Å²) in [5.74, 6) is -0.977. The molecule has 5 aromatic rings. The van der Waals surface area contributed by atoms with Gasteiger partial charge in [0.15, 0.2) is 5.13 Å². The fraction of sp³-hybridized carbons (Fsp3) is 0.519. The number of aliphatic hydroxyl groups is 1. The average molecular weight is 1020 g/mol. The van der Waals surface area contributed by atoms with Gasteiger partial charge in [-0.3, -0.25) is 29.5 Å². The minimum Gasteiger partial charge on any atom is -0.446 e. The number of amides is 5. The van der Waals surface area contributed by atoms with Crippen LogP contribution in [0.25, 0.3) is 31.8 Å². The van der Waals surface area contributed by atoms with Crippen LogP contribution in [0.3, 0.4) is 0 Å². The van der Waals surface area contributed by atoms with E-state index in [0.29, 0.717) is 35.8 Å². The zero-order valence-corrected chi connectivity index (χ0v) is 44.2. The first-order valence-electron chi connectivity index (χ1n) is 25.4. The summed E-state index contributed by atoms with van der Waals surface area (Å²) in [6, 6.07) is 14.0. The number of β-amino-alcohol motifs (C(OH)–C–C–N with tert-alkyl or cyclic N) is 1. The fourth-order valence-corrected chi connectivity index (χ4v) is 10.9. The Balaban J connectivity index is 0.764. The molecular formula is C54H71N9O7S2. The Bertz CT molecular complexity index is 2660. The predicted octanol–water partition coefficient (Wildman–Crippen LogP) is 9.39. The van der Waals surface area contributed by atoms with Crippen LogP contribution >= 0.6 is 22.7 Å². The molecule has 5 amide bonds. The predicted molar refractivity (Wildman–Crippen MR) is 285 cm³/mol. The number of thiazole rings is 2. The summed E-state index contributed by atoms with van der Waals surface area (Å²) >= 11 is 3.00. The Morgan fingerprint density at radius 3 is 2.15 bits per heavy atom. The van der Waals surface area contributed by atoms with Crippen LogP contribution in [-0.4, -0.2) is 111 Å². The van der Waals surface area contributed by atoms with Gasteiger partial charge in [-0.15, -0.1) is 11.3 Å². The first-order valence-corrected chi connectivity index (χ1v) is 27.1. The number of aliphatic hydroxyl groups excluding tert-OH is 1. The first-order chi connectivity index (χ1) is 34.5. The van der Waals surface area contributed by atoms with Gasteiger partial charge in [0.2, 0.25) is 23.6 Å². The molecule has 2 aliphatic rings. The quantitative estimate of drug-likeness (QED) is 0.0438. The molecule has 0 bridgehead atoms. The topological polar surface area (TPSA) is 208 Å². The molecule has 2 aromatic carbocycles. The number of rotatable bonds is 21. The highest BCUT2D eigenvalue weighted by Crippen LogP contribution is 2.33. The molecule has 0 aliphatic carbocycles. The van der Waals surface area contributed by atoms with Crippen LogP contribution in [0.1, 0.15) is 121 Å². The van der Waals surface area contributed by atoms with Crippen LogP contribution in [0.15, 0.2) is 60.2 Å². The number of ether oxygens (including phenoxy) is 1. The number of piperidine rings is 1. The molecule has 2 saturated heterocycles. The lowest BCUT2D eigenvalue weighted by molar-refractivity contribution is -0.144. The van der Waals surface area contributed by atoms with Crippen LogP contribution in [-0.2, 0) is 30.5 Å². The second-order valence-electron chi connectivity index (χ2n) is 20.4. The molecule has 72 heavy (non-hydrogen) atoms. The van der Waals surface area contributed by atoms with Crippen molar-refractivity contribution in [3.63, 3.8) is 0 Å². The van der Waals surface area contributed by atoms with E-state index < -0.39 is 29.7 Å². The van der Waals surface area contributed by atoms with E-state index in [1.165, 1.54) is 16.2 Å². The number of fused-ring (bicyclic) bond motifs is 1. The summed E-state index contributed by atoms with van der Waals surface area (Å²) in [4.78, 5) is 84.5. The number of likely N-dealkylation sites (tertiary alicyclic amines) is 2. The number of nitrogens with zero attached hydrogens (tertiary/aromatic N) is 5. The zero-order chi connectivity index (χ0) is 51.4. The van der Waals surface area contributed by atoms with Crippen molar-refractivity contribution in [2.24, 2.45) is 5.41 Å². The summed E-state index contributed by atoms with van der Waals surface area (Å²) in [6.07, 6.45) is 10.2. The van der Waals surface area contributed by atoms with Crippen molar-refractivity contribution in [1.82, 2.24) is 35.4 Å². The smallest absolute Gasteiger partial charge is 0.411 e. The van der Waals surface area contributed by atoms with E-state index in [9.17, 15) is 29.1 Å². The van der Waals surface area contributed by atoms with E-state index >= 15 is 0 Å². The molecule has 18 heteroatoms. The van der Waals surface area contributed by atoms with Gasteiger partial charge in [0.1, 0.15) is 18.2 Å². The summed E-state index contributed by atoms with van der Waals surface area (Å²) in [5, 5.41) is 22.9. The van der Waals surface area contributed by atoms with Crippen molar-refractivity contribution in [2.75, 3.05) is 37.3 Å². The van der Waals surface area contributed by atoms with Crippen molar-refractivity contribution in [2.45, 2.75) is 149 Å². The number of nitrogens with one attached hydrogen (secondary N) is 4. The second kappa shape index (κ2) is 25.2. The molecule has 0 saturated carbocycles. The number of benzene rings is 2. The van der Waals surface area contributed by atoms with Crippen molar-refractivity contribution < 1.29 is 33.8 Å². The third kappa shape index (κ3) is 15.1. The van der Waals surface area contributed by atoms with E-state index in [1.807, 2.05) is 88.7 Å². The van der Waals surface area contributed by atoms with Gasteiger partial charge in [0, 0.05) is 57.2 Å². The second-order valence-corrected chi connectivity index (χ2v) is 22.3. The lowest BCUT2D eigenvalue weighted by Gasteiger charge is -2.35. The Morgan fingerprint density at radius 1 is 0.819 bits per heavy atom. The third-order valence-electron chi connectivity index (χ3n) is 13.5. The van der Waals surface area contributed by atoms with Crippen molar-refractivity contribution >= 4 is 73.4 Å². The molecule has 16 nitrogen and oxygen atoms in total. The van der Waals surface area contributed by atoms with Crippen LogP contribution in [0.5, 0.6) is 0 Å². The molecule has 386 valence electrons. The number of anilines is 2. The van der Waals surface area contributed by atoms with Crippen LogP contribution < -0.4 is 21.3 Å². The van der Waals surface area contributed by atoms with E-state index in [4.69, 9.17) is 4.74 Å². The van der Waals surface area contributed by atoms with Gasteiger partial charge >= 0.3 is 6.09 Å². The summed E-state index contributed by atoms with van der Waals surface area (Å²) in [6.45, 7) is 11.6. The van der Waals surface area contributed by atoms with Crippen molar-refractivity contribution in [3.8, 4) is 21.6 Å². The van der Waals surface area contributed by atoms with Crippen molar-refractivity contribution in [1.29, 1.82) is 0 Å². The molecule has 5 heterocycles. The van der Waals surface area contributed by atoms with E-state index in [1.54, 1.807) is 17.5 Å². The summed E-state index contributed by atoms with van der Waals surface area (Å²) in [5.41, 5.74) is 7.98. The van der Waals surface area contributed by atoms with Gasteiger partial charge < -0.3 is 35.6 Å². The number of carbonyl (C=O) groups is 5. The summed E-state index contributed by atoms with van der Waals surface area (Å²) in [7, 11) is 2.07. The largest absolute Gasteiger partial charge is 0.446 e. The Labute approximate surface area is 431 Å². The SMILES string of the molecule is Cc1ncc(-c2ccc3nc(NC(=O)CCCCCCCCCCC(=O)N[C@H](C(=O)N4C[C@H](O)C[C@H]4C(=O)NCc4ccc(-c5scnc5C)cc4)C(C)(C)C)sc3c2)cc1NC(=O)OC1CCN(C)CC1. The maximum atomic E-state index is 14.0. The molecule has 0 unspecified atom stereocenters. The molecule has 5 N–H and O–H groups in total. The normalized spacial score (nSPS) is 16.9. The summed E-state index contributed by atoms with van der Waals surface area (Å²) < 4.78 is 6.61. The van der Waals surface area contributed by atoms with E-state index in [0.717, 1.165) is 114 Å². The van der Waals surface area contributed by atoms with Crippen LogP contribution in [0, 0.1) is 19.3 Å². The monoisotopic (exact) mass is 1020 g/mol. The van der Waals surface area contributed by atoms with Gasteiger partial charge in [-0.2, -0.15) is 0 Å². The average Bonchev–Trinajstić information content (AvgIpc) is 4.08. The van der Waals surface area contributed by atoms with Crippen LogP contribution in [0.4, 0.5) is 15.6 Å². The third-order valence-corrected chi connectivity index (χ3v) is 15.4. The number of pyridine rings is 1. The number of unbranched alkanes of at least 4 members (excludes halogenated alkanes) is 7. The highest BCUT2D eigenvalue weighted by Gasteiger charge is 2.44. The molecule has 2 fully saturated rings. The number of hydrogen-bond acceptors (Lipinski definition) is 13. The molecule has 3 atom stereocenters. The number of aryl methyl sites for hydroxylation is 2. The minimum absolute atomic E-state index is 0.0255. The molecule has 3 aromatic heterocycles. The molecule has 7 rings (SSSR count). The van der Waals surface area contributed by atoms with Crippen molar-refractivity contribution in [3.05, 3.63) is 77.2 Å². The molecule has 0 radical (unpaired) electrons. The van der Waals surface area contributed by atoms with Gasteiger partial charge in [0.05, 0.1) is 43.8 Å². The first kappa shape index (κ1) is 54.0. The van der Waals surface area contributed by atoms with Gasteiger partial charge in [-0.1, -0.05) is 101 Å². The fourth-order valence-electron chi connectivity index (χ4n) is 9.20. The van der Waals surface area contributed by atoms with Gasteiger partial charge in [0.25, 0.3) is 0 Å². The Hall–Kier alpha value is -5.82. The number of carbonyl (C=O) groups excluding carboxylic acids is 5. The molecule has 0 spiro atoms. The van der Waals surface area contributed by atoms with E-state index in [2.05, 4.69) is 48.2 Å². The maximum absolute atomic E-state index is 14.0. The molecular weight excluding hydrogens is 951 g/mol. The van der Waals surface area contributed by atoms with E-state index in [-0.39, 0.29) is 49.2 Å². The number of aromatic nitrogens is 3. The standard InChI is InChI=1S/C54H71N9O7S2/c1-34-43(59-53(69)70-41-23-25-62(6)26-24-41)27-39(31-55-34)38-21-22-42-45(28-38)72-52(58-42)61-47(66)16-14-12-10-8-7-9-11-13-15-46(65)60-49(54(3,4)5)51(68)63-32-40(64)29-44(63)50(67)56-30-36-17-19-37(20-18-36)48-35(2)57-33-71-48/h17-22,27-28,31,33,40-41,44,49,64H,7-16,23-26,29-30,32H2,1-6H3,(H,56,67)(H,59,69)(H,60,65)(H,58,61,66)/t40-,44+,49-/m1/s1. The molecule has 2 aliphatic heterocycles. The minimum atomic E-state index is -0.861. The van der Waals surface area contributed by atoms with Gasteiger partial charge in [-0.25, -0.2) is 14.8 Å². The highest BCUT2D eigenvalue weighted by molar-refractivity contribution is 7.22. The number of hydrogen-bond donors (Lipinski definition) is 5. The Morgan fingerprint density at radius 2 is 1.49 bits per heavy atom. The highest BCUT2D eigenvalue weighted by atomic mass is 32.1. The Kier molecular flexibility index (Phi) is 18.9. The maximum Gasteiger partial charge on any atom is 0.411 e. The zero-order valence-electron chi connectivity index (χ0n) is 42.6. The lowest BCUT2D eigenvalue weighted by Crippen LogP contribution is -2.57. The lowest BCUT2D eigenvalue weighted by atomic mass is 9.85.